The molecule has 2 fully saturated rings. The lowest BCUT2D eigenvalue weighted by Crippen LogP contribution is -2.51. The van der Waals surface area contributed by atoms with Crippen LogP contribution in [0.1, 0.15) is 59.3 Å². The molecule has 4 nitrogen and oxygen atoms in total. The lowest BCUT2D eigenvalue weighted by molar-refractivity contribution is -0.123. The minimum Gasteiger partial charge on any atom is -0.355 e. The molecule has 2 bridgehead atoms. The van der Waals surface area contributed by atoms with Gasteiger partial charge in [-0.05, 0) is 51.0 Å². The van der Waals surface area contributed by atoms with Gasteiger partial charge in [0.25, 0.3) is 0 Å². The first kappa shape index (κ1) is 16.8. The Morgan fingerprint density at radius 1 is 1.29 bits per heavy atom. The largest absolute Gasteiger partial charge is 0.355 e. The van der Waals surface area contributed by atoms with Crippen molar-refractivity contribution in [3.63, 3.8) is 0 Å². The fourth-order valence-corrected chi connectivity index (χ4v) is 3.74. The Morgan fingerprint density at radius 2 is 1.95 bits per heavy atom. The topological polar surface area (TPSA) is 44.4 Å². The van der Waals surface area contributed by atoms with Crippen molar-refractivity contribution in [2.75, 3.05) is 19.6 Å². The molecule has 2 rings (SSSR count). The Hall–Kier alpha value is -0.610. The van der Waals surface area contributed by atoms with Crippen molar-refractivity contribution in [3.8, 4) is 0 Å². The third-order valence-corrected chi connectivity index (χ3v) is 4.87. The lowest BCUT2D eigenvalue weighted by atomic mass is 9.98. The highest BCUT2D eigenvalue weighted by atomic mass is 16.2. The molecule has 2 N–H and O–H groups in total. The molecule has 122 valence electrons. The maximum absolute atomic E-state index is 12.2. The zero-order chi connectivity index (χ0) is 15.2. The van der Waals surface area contributed by atoms with Crippen LogP contribution in [0.2, 0.25) is 0 Å². The molecule has 2 atom stereocenters. The van der Waals surface area contributed by atoms with E-state index >= 15 is 0 Å². The molecule has 2 heterocycles. The van der Waals surface area contributed by atoms with Crippen molar-refractivity contribution in [2.24, 2.45) is 5.92 Å². The molecule has 21 heavy (non-hydrogen) atoms. The Balaban J connectivity index is 1.79. The number of piperidine rings is 1. The second-order valence-corrected chi connectivity index (χ2v) is 7.27. The van der Waals surface area contributed by atoms with Crippen LogP contribution in [-0.2, 0) is 4.79 Å². The summed E-state index contributed by atoms with van der Waals surface area (Å²) in [4.78, 5) is 14.6. The average molecular weight is 295 g/mol. The third-order valence-electron chi connectivity index (χ3n) is 4.87. The van der Waals surface area contributed by atoms with Gasteiger partial charge in [0.2, 0.25) is 5.91 Å². The van der Waals surface area contributed by atoms with E-state index in [-0.39, 0.29) is 5.91 Å². The highest BCUT2D eigenvalue weighted by Gasteiger charge is 2.36. The van der Waals surface area contributed by atoms with Gasteiger partial charge < -0.3 is 10.6 Å². The predicted molar refractivity (Wildman–Crippen MR) is 87.3 cm³/mol. The van der Waals surface area contributed by atoms with Crippen molar-refractivity contribution >= 4 is 5.91 Å². The van der Waals surface area contributed by atoms with Gasteiger partial charge in [-0.3, -0.25) is 9.69 Å². The van der Waals surface area contributed by atoms with Crippen LogP contribution in [0.15, 0.2) is 0 Å². The van der Waals surface area contributed by atoms with E-state index in [1.54, 1.807) is 0 Å². The Kier molecular flexibility index (Phi) is 6.49. The highest BCUT2D eigenvalue weighted by molar-refractivity contribution is 5.78. The van der Waals surface area contributed by atoms with Gasteiger partial charge in [-0.25, -0.2) is 0 Å². The molecule has 0 aromatic heterocycles. The van der Waals surface area contributed by atoms with Crippen molar-refractivity contribution in [1.82, 2.24) is 15.5 Å². The van der Waals surface area contributed by atoms with Crippen molar-refractivity contribution in [1.29, 1.82) is 0 Å². The summed E-state index contributed by atoms with van der Waals surface area (Å²) in [6, 6.07) is 1.98. The molecule has 1 amide bonds. The van der Waals surface area contributed by atoms with Gasteiger partial charge in [0.1, 0.15) is 0 Å². The van der Waals surface area contributed by atoms with E-state index in [0.717, 1.165) is 25.9 Å². The van der Waals surface area contributed by atoms with E-state index in [0.29, 0.717) is 30.6 Å². The number of hydrogen-bond acceptors (Lipinski definition) is 3. The summed E-state index contributed by atoms with van der Waals surface area (Å²) in [6.07, 6.45) is 7.27. The second-order valence-electron chi connectivity index (χ2n) is 7.27. The molecular formula is C17H33N3O. The van der Waals surface area contributed by atoms with Crippen LogP contribution >= 0.6 is 0 Å². The fourth-order valence-electron chi connectivity index (χ4n) is 3.74. The maximum Gasteiger partial charge on any atom is 0.234 e. The number of carbonyl (C=O) groups is 1. The van der Waals surface area contributed by atoms with Gasteiger partial charge >= 0.3 is 0 Å². The number of amides is 1. The number of nitrogens with zero attached hydrogens (tertiary/aromatic N) is 1. The van der Waals surface area contributed by atoms with Crippen molar-refractivity contribution < 1.29 is 4.79 Å². The summed E-state index contributed by atoms with van der Waals surface area (Å²) in [7, 11) is 0. The molecule has 2 aliphatic rings. The van der Waals surface area contributed by atoms with Crippen LogP contribution in [-0.4, -0.2) is 48.6 Å². The molecule has 0 spiro atoms. The Bertz CT molecular complexity index is 320. The van der Waals surface area contributed by atoms with Crippen LogP contribution in [0.3, 0.4) is 0 Å². The van der Waals surface area contributed by atoms with E-state index in [1.807, 2.05) is 0 Å². The molecule has 0 aromatic rings. The summed E-state index contributed by atoms with van der Waals surface area (Å²) in [5.41, 5.74) is 0. The van der Waals surface area contributed by atoms with Gasteiger partial charge in [0, 0.05) is 24.7 Å². The van der Waals surface area contributed by atoms with E-state index in [2.05, 4.69) is 36.3 Å². The lowest BCUT2D eigenvalue weighted by Gasteiger charge is -2.37. The normalized spacial score (nSPS) is 28.3. The standard InChI is InChI=1S/C17H33N3O/c1-4-9-20(12-17(21)18-8-7-13(2)3)16-10-14-5-6-15(11-16)19-14/h13-16,19H,4-12H2,1-3H3,(H,18,21). The smallest absolute Gasteiger partial charge is 0.234 e. The highest BCUT2D eigenvalue weighted by Crippen LogP contribution is 2.29. The van der Waals surface area contributed by atoms with Gasteiger partial charge in [-0.2, -0.15) is 0 Å². The van der Waals surface area contributed by atoms with Crippen LogP contribution in [0, 0.1) is 5.92 Å². The number of hydrogen-bond donors (Lipinski definition) is 2. The molecular weight excluding hydrogens is 262 g/mol. The predicted octanol–water partition coefficient (Wildman–Crippen LogP) is 2.14. The first-order chi connectivity index (χ1) is 10.1. The average Bonchev–Trinajstić information content (AvgIpc) is 2.76. The monoisotopic (exact) mass is 295 g/mol. The first-order valence-electron chi connectivity index (χ1n) is 8.85. The van der Waals surface area contributed by atoms with Crippen LogP contribution in [0.25, 0.3) is 0 Å². The van der Waals surface area contributed by atoms with E-state index in [4.69, 9.17) is 0 Å². The molecule has 0 aliphatic carbocycles. The summed E-state index contributed by atoms with van der Waals surface area (Å²) < 4.78 is 0. The number of nitrogens with one attached hydrogen (secondary N) is 2. The Labute approximate surface area is 130 Å². The van der Waals surface area contributed by atoms with Crippen molar-refractivity contribution in [2.45, 2.75) is 77.4 Å². The SMILES string of the molecule is CCCN(CC(=O)NCCC(C)C)C1CC2CCC(C1)N2. The molecule has 0 saturated carbocycles. The van der Waals surface area contributed by atoms with Gasteiger partial charge in [0.15, 0.2) is 0 Å². The molecule has 2 aliphatic heterocycles. The number of rotatable bonds is 8. The number of fused-ring (bicyclic) bond motifs is 2. The van der Waals surface area contributed by atoms with Crippen molar-refractivity contribution in [3.05, 3.63) is 0 Å². The molecule has 0 aromatic carbocycles. The van der Waals surface area contributed by atoms with Crippen LogP contribution in [0.4, 0.5) is 0 Å². The van der Waals surface area contributed by atoms with Crippen LogP contribution in [0.5, 0.6) is 0 Å². The second kappa shape index (κ2) is 8.14. The summed E-state index contributed by atoms with van der Waals surface area (Å²) in [6.45, 7) is 9.03. The van der Waals surface area contributed by atoms with Gasteiger partial charge in [0.05, 0.1) is 6.54 Å². The summed E-state index contributed by atoms with van der Waals surface area (Å²) >= 11 is 0. The quantitative estimate of drug-likeness (QED) is 0.721. The minimum absolute atomic E-state index is 0.204. The molecule has 4 heteroatoms. The molecule has 0 radical (unpaired) electrons. The molecule has 2 unspecified atom stereocenters. The van der Waals surface area contributed by atoms with Gasteiger partial charge in [-0.1, -0.05) is 20.8 Å². The summed E-state index contributed by atoms with van der Waals surface area (Å²) in [5, 5.41) is 6.77. The van der Waals surface area contributed by atoms with E-state index < -0.39 is 0 Å². The third kappa shape index (κ3) is 5.26. The first-order valence-corrected chi connectivity index (χ1v) is 8.85. The number of carbonyl (C=O) groups excluding carboxylic acids is 1. The zero-order valence-corrected chi connectivity index (χ0v) is 14.0. The van der Waals surface area contributed by atoms with Gasteiger partial charge in [-0.15, -0.1) is 0 Å². The zero-order valence-electron chi connectivity index (χ0n) is 14.0. The van der Waals surface area contributed by atoms with E-state index in [9.17, 15) is 4.79 Å². The Morgan fingerprint density at radius 3 is 2.52 bits per heavy atom. The minimum atomic E-state index is 0.204. The van der Waals surface area contributed by atoms with Crippen LogP contribution < -0.4 is 10.6 Å². The van der Waals surface area contributed by atoms with E-state index in [1.165, 1.54) is 25.7 Å². The summed E-state index contributed by atoms with van der Waals surface area (Å²) in [5.74, 6) is 0.854. The maximum atomic E-state index is 12.2. The molecule has 2 saturated heterocycles. The fraction of sp³-hybridized carbons (Fsp3) is 0.941.